The fourth-order valence-corrected chi connectivity index (χ4v) is 1.98. The van der Waals surface area contributed by atoms with Crippen molar-refractivity contribution in [3.63, 3.8) is 0 Å². The fraction of sp³-hybridized carbons (Fsp3) is 0.294. The lowest BCUT2D eigenvalue weighted by molar-refractivity contribution is 0.195. The lowest BCUT2D eigenvalue weighted by Gasteiger charge is -2.12. The Labute approximate surface area is 124 Å². The number of benzene rings is 2. The zero-order chi connectivity index (χ0) is 15.1. The van der Waals surface area contributed by atoms with Crippen molar-refractivity contribution >= 4 is 0 Å². The van der Waals surface area contributed by atoms with Crippen LogP contribution in [0.2, 0.25) is 0 Å². The van der Waals surface area contributed by atoms with E-state index in [2.05, 4.69) is 0 Å². The van der Waals surface area contributed by atoms with Gasteiger partial charge in [0.15, 0.2) is 0 Å². The summed E-state index contributed by atoms with van der Waals surface area (Å²) in [6, 6.07) is 13.7. The highest BCUT2D eigenvalue weighted by Gasteiger charge is 2.05. The Morgan fingerprint density at radius 1 is 0.762 bits per heavy atom. The maximum Gasteiger partial charge on any atom is 0.123 e. The molecule has 2 aromatic rings. The van der Waals surface area contributed by atoms with E-state index in [-0.39, 0.29) is 26.4 Å². The summed E-state index contributed by atoms with van der Waals surface area (Å²) in [5.74, 6) is 1.27. The molecule has 0 saturated heterocycles. The van der Waals surface area contributed by atoms with Gasteiger partial charge >= 0.3 is 0 Å². The summed E-state index contributed by atoms with van der Waals surface area (Å²) in [7, 11) is 0. The smallest absolute Gasteiger partial charge is 0.123 e. The second-order valence-corrected chi connectivity index (χ2v) is 4.70. The molecule has 0 radical (unpaired) electrons. The maximum atomic E-state index is 8.87. The number of rotatable bonds is 7. The summed E-state index contributed by atoms with van der Waals surface area (Å²) in [5.41, 5.74) is 3.23. The van der Waals surface area contributed by atoms with Crippen molar-refractivity contribution in [1.29, 1.82) is 0 Å². The summed E-state index contributed by atoms with van der Waals surface area (Å²) in [6.07, 6.45) is 0. The number of aliphatic hydroxyl groups excluding tert-OH is 2. The third kappa shape index (κ3) is 4.48. The van der Waals surface area contributed by atoms with Crippen LogP contribution in [0.5, 0.6) is 11.5 Å². The standard InChI is InChI=1S/C17H20O4/c1-13-2-4-14(5-3-13)15-10-16(20-8-6-18)12-17(11-15)21-9-7-19/h2-5,10-12,18-19H,6-9H2,1H3. The minimum absolute atomic E-state index is 0.0401. The van der Waals surface area contributed by atoms with E-state index in [4.69, 9.17) is 19.7 Å². The molecule has 0 aliphatic rings. The van der Waals surface area contributed by atoms with E-state index in [1.54, 1.807) is 6.07 Å². The molecule has 0 saturated carbocycles. The molecular weight excluding hydrogens is 268 g/mol. The van der Waals surface area contributed by atoms with Gasteiger partial charge in [0, 0.05) is 6.07 Å². The van der Waals surface area contributed by atoms with Gasteiger partial charge in [-0.1, -0.05) is 29.8 Å². The van der Waals surface area contributed by atoms with Gasteiger partial charge < -0.3 is 19.7 Å². The van der Waals surface area contributed by atoms with Crippen molar-refractivity contribution in [2.24, 2.45) is 0 Å². The van der Waals surface area contributed by atoms with Crippen LogP contribution in [0.4, 0.5) is 0 Å². The van der Waals surface area contributed by atoms with E-state index in [9.17, 15) is 0 Å². The number of aryl methyl sites for hydroxylation is 1. The molecule has 0 atom stereocenters. The maximum absolute atomic E-state index is 8.87. The number of aliphatic hydroxyl groups is 2. The normalized spacial score (nSPS) is 10.4. The highest BCUT2D eigenvalue weighted by Crippen LogP contribution is 2.30. The lowest BCUT2D eigenvalue weighted by atomic mass is 10.0. The summed E-state index contributed by atoms with van der Waals surface area (Å²) >= 11 is 0. The second kappa shape index (κ2) is 7.67. The molecule has 2 rings (SSSR count). The monoisotopic (exact) mass is 288 g/mol. The van der Waals surface area contributed by atoms with Gasteiger partial charge in [-0.05, 0) is 30.2 Å². The number of hydrogen-bond acceptors (Lipinski definition) is 4. The molecule has 0 aromatic heterocycles. The Balaban J connectivity index is 2.31. The molecule has 0 bridgehead atoms. The molecule has 112 valence electrons. The molecule has 4 heteroatoms. The van der Waals surface area contributed by atoms with Gasteiger partial charge in [-0.3, -0.25) is 0 Å². The van der Waals surface area contributed by atoms with E-state index in [1.165, 1.54) is 5.56 Å². The van der Waals surface area contributed by atoms with Gasteiger partial charge in [0.2, 0.25) is 0 Å². The summed E-state index contributed by atoms with van der Waals surface area (Å²) in [6.45, 7) is 2.43. The zero-order valence-electron chi connectivity index (χ0n) is 12.1. The number of hydrogen-bond donors (Lipinski definition) is 2. The van der Waals surface area contributed by atoms with Gasteiger partial charge in [0.1, 0.15) is 24.7 Å². The van der Waals surface area contributed by atoms with Crippen LogP contribution in [-0.4, -0.2) is 36.6 Å². The van der Waals surface area contributed by atoms with Gasteiger partial charge in [0.05, 0.1) is 13.2 Å². The van der Waals surface area contributed by atoms with Gasteiger partial charge in [0.25, 0.3) is 0 Å². The molecule has 0 aliphatic heterocycles. The molecule has 4 nitrogen and oxygen atoms in total. The van der Waals surface area contributed by atoms with E-state index in [0.29, 0.717) is 11.5 Å². The molecule has 2 N–H and O–H groups in total. The van der Waals surface area contributed by atoms with Crippen LogP contribution in [0, 0.1) is 6.92 Å². The summed E-state index contributed by atoms with van der Waals surface area (Å²) in [5, 5.41) is 17.7. The molecule has 2 aromatic carbocycles. The van der Waals surface area contributed by atoms with E-state index in [1.807, 2.05) is 43.3 Å². The van der Waals surface area contributed by atoms with Crippen LogP contribution in [0.25, 0.3) is 11.1 Å². The first-order valence-electron chi connectivity index (χ1n) is 6.92. The van der Waals surface area contributed by atoms with E-state index >= 15 is 0 Å². The Morgan fingerprint density at radius 2 is 1.29 bits per heavy atom. The van der Waals surface area contributed by atoms with Crippen molar-refractivity contribution in [2.45, 2.75) is 6.92 Å². The highest BCUT2D eigenvalue weighted by molar-refractivity contribution is 5.67. The van der Waals surface area contributed by atoms with Crippen LogP contribution in [0.3, 0.4) is 0 Å². The van der Waals surface area contributed by atoms with E-state index in [0.717, 1.165) is 11.1 Å². The molecule has 0 fully saturated rings. The first kappa shape index (κ1) is 15.4. The van der Waals surface area contributed by atoms with E-state index < -0.39 is 0 Å². The first-order chi connectivity index (χ1) is 10.2. The molecule has 0 unspecified atom stereocenters. The molecule has 0 amide bonds. The molecule has 0 heterocycles. The number of ether oxygens (including phenoxy) is 2. The van der Waals surface area contributed by atoms with Crippen molar-refractivity contribution in [3.05, 3.63) is 48.0 Å². The zero-order valence-corrected chi connectivity index (χ0v) is 12.1. The third-order valence-corrected chi connectivity index (χ3v) is 2.98. The van der Waals surface area contributed by atoms with Crippen molar-refractivity contribution in [2.75, 3.05) is 26.4 Å². The lowest BCUT2D eigenvalue weighted by Crippen LogP contribution is -2.04. The van der Waals surface area contributed by atoms with Gasteiger partial charge in [-0.2, -0.15) is 0 Å². The molecule has 0 spiro atoms. The summed E-state index contributed by atoms with van der Waals surface area (Å²) < 4.78 is 10.9. The minimum atomic E-state index is -0.0401. The van der Waals surface area contributed by atoms with Crippen LogP contribution in [-0.2, 0) is 0 Å². The third-order valence-electron chi connectivity index (χ3n) is 2.98. The average Bonchev–Trinajstić information content (AvgIpc) is 2.51. The largest absolute Gasteiger partial charge is 0.491 e. The van der Waals surface area contributed by atoms with Crippen molar-refractivity contribution in [3.8, 4) is 22.6 Å². The quantitative estimate of drug-likeness (QED) is 0.821. The summed E-state index contributed by atoms with van der Waals surface area (Å²) in [4.78, 5) is 0. The van der Waals surface area contributed by atoms with Crippen LogP contribution >= 0.6 is 0 Å². The Hall–Kier alpha value is -2.04. The predicted octanol–water partition coefficient (Wildman–Crippen LogP) is 2.40. The van der Waals surface area contributed by atoms with Gasteiger partial charge in [-0.15, -0.1) is 0 Å². The SMILES string of the molecule is Cc1ccc(-c2cc(OCCO)cc(OCCO)c2)cc1. The van der Waals surface area contributed by atoms with Crippen LogP contribution < -0.4 is 9.47 Å². The predicted molar refractivity (Wildman–Crippen MR) is 81.8 cm³/mol. The minimum Gasteiger partial charge on any atom is -0.491 e. The molecule has 21 heavy (non-hydrogen) atoms. The fourth-order valence-electron chi connectivity index (χ4n) is 1.98. The van der Waals surface area contributed by atoms with Crippen LogP contribution in [0.15, 0.2) is 42.5 Å². The van der Waals surface area contributed by atoms with Gasteiger partial charge in [-0.25, -0.2) is 0 Å². The topological polar surface area (TPSA) is 58.9 Å². The van der Waals surface area contributed by atoms with Crippen molar-refractivity contribution in [1.82, 2.24) is 0 Å². The molecule has 0 aliphatic carbocycles. The Bertz CT molecular complexity index is 537. The van der Waals surface area contributed by atoms with Crippen molar-refractivity contribution < 1.29 is 19.7 Å². The Morgan fingerprint density at radius 3 is 1.76 bits per heavy atom. The molecular formula is C17H20O4. The highest BCUT2D eigenvalue weighted by atomic mass is 16.5. The van der Waals surface area contributed by atoms with Crippen LogP contribution in [0.1, 0.15) is 5.56 Å². The Kier molecular flexibility index (Phi) is 5.60. The average molecular weight is 288 g/mol. The second-order valence-electron chi connectivity index (χ2n) is 4.70. The first-order valence-corrected chi connectivity index (χ1v) is 6.92.